The summed E-state index contributed by atoms with van der Waals surface area (Å²) < 4.78 is 5.28. The number of hydrogen-bond acceptors (Lipinski definition) is 4. The minimum atomic E-state index is 0.777. The van der Waals surface area contributed by atoms with Gasteiger partial charge in [0.25, 0.3) is 0 Å². The molecule has 1 aromatic rings. The number of aryl methyl sites for hydroxylation is 1. The number of rotatable bonds is 2. The summed E-state index contributed by atoms with van der Waals surface area (Å²) in [6.07, 6.45) is 0. The summed E-state index contributed by atoms with van der Waals surface area (Å²) in [5.74, 6) is 0. The van der Waals surface area contributed by atoms with E-state index < -0.39 is 0 Å². The van der Waals surface area contributed by atoms with E-state index in [1.54, 1.807) is 0 Å². The first-order valence-corrected chi connectivity index (χ1v) is 5.22. The lowest BCUT2D eigenvalue weighted by atomic mass is 10.2. The first-order valence-electron chi connectivity index (χ1n) is 5.22. The molecule has 0 atom stereocenters. The smallest absolute Gasteiger partial charge is 0.0722 e. The van der Waals surface area contributed by atoms with Gasteiger partial charge in [-0.25, -0.2) is 5.01 Å². The van der Waals surface area contributed by atoms with E-state index in [1.807, 2.05) is 25.1 Å². The fourth-order valence-electron chi connectivity index (χ4n) is 1.62. The fourth-order valence-corrected chi connectivity index (χ4v) is 1.62. The Bertz CT molecular complexity index is 335. The van der Waals surface area contributed by atoms with Crippen molar-refractivity contribution in [2.24, 2.45) is 0 Å². The van der Waals surface area contributed by atoms with Crippen LogP contribution in [-0.2, 0) is 4.74 Å². The number of para-hydroxylation sites is 1. The van der Waals surface area contributed by atoms with E-state index in [-0.39, 0.29) is 0 Å². The monoisotopic (exact) mass is 207 g/mol. The van der Waals surface area contributed by atoms with Gasteiger partial charge in [0.15, 0.2) is 0 Å². The average molecular weight is 207 g/mol. The second kappa shape index (κ2) is 4.51. The van der Waals surface area contributed by atoms with Crippen molar-refractivity contribution in [2.75, 3.05) is 37.5 Å². The second-order valence-corrected chi connectivity index (χ2v) is 3.75. The third-order valence-electron chi connectivity index (χ3n) is 2.61. The van der Waals surface area contributed by atoms with Crippen LogP contribution in [0.2, 0.25) is 0 Å². The van der Waals surface area contributed by atoms with Crippen LogP contribution in [-0.4, -0.2) is 31.3 Å². The Morgan fingerprint density at radius 2 is 2.07 bits per heavy atom. The molecule has 1 fully saturated rings. The van der Waals surface area contributed by atoms with Crippen molar-refractivity contribution >= 4 is 11.4 Å². The summed E-state index contributed by atoms with van der Waals surface area (Å²) in [7, 11) is 0. The molecular formula is C11H17N3O. The number of benzene rings is 1. The number of nitrogens with one attached hydrogen (secondary N) is 1. The predicted molar refractivity (Wildman–Crippen MR) is 61.6 cm³/mol. The van der Waals surface area contributed by atoms with E-state index in [2.05, 4.69) is 10.4 Å². The van der Waals surface area contributed by atoms with Crippen LogP contribution in [0.1, 0.15) is 5.56 Å². The number of hydrogen-bond donors (Lipinski definition) is 2. The van der Waals surface area contributed by atoms with E-state index in [9.17, 15) is 0 Å². The minimum absolute atomic E-state index is 0.777. The molecule has 1 aliphatic rings. The highest BCUT2D eigenvalue weighted by molar-refractivity contribution is 5.69. The molecule has 1 aliphatic heterocycles. The number of hydrazine groups is 1. The molecule has 0 aliphatic carbocycles. The van der Waals surface area contributed by atoms with Crippen molar-refractivity contribution in [2.45, 2.75) is 6.92 Å². The molecule has 0 saturated carbocycles. The SMILES string of the molecule is Cc1cccc(NN2CCOCC2)c1N. The largest absolute Gasteiger partial charge is 0.397 e. The van der Waals surface area contributed by atoms with Crippen molar-refractivity contribution in [1.29, 1.82) is 0 Å². The lowest BCUT2D eigenvalue weighted by Crippen LogP contribution is -2.40. The van der Waals surface area contributed by atoms with E-state index in [0.717, 1.165) is 43.2 Å². The Morgan fingerprint density at radius 1 is 1.33 bits per heavy atom. The van der Waals surface area contributed by atoms with Gasteiger partial charge < -0.3 is 15.9 Å². The molecule has 1 aromatic carbocycles. The van der Waals surface area contributed by atoms with Crippen LogP contribution in [0, 0.1) is 6.92 Å². The number of nitrogens with zero attached hydrogens (tertiary/aromatic N) is 1. The molecule has 4 heteroatoms. The van der Waals surface area contributed by atoms with Gasteiger partial charge in [0.05, 0.1) is 24.6 Å². The standard InChI is InChI=1S/C11H17N3O/c1-9-3-2-4-10(11(9)12)13-14-5-7-15-8-6-14/h2-4,13H,5-8,12H2,1H3. The molecule has 0 aromatic heterocycles. The summed E-state index contributed by atoms with van der Waals surface area (Å²) in [5.41, 5.74) is 12.2. The third kappa shape index (κ3) is 2.40. The van der Waals surface area contributed by atoms with E-state index >= 15 is 0 Å². The van der Waals surface area contributed by atoms with Crippen LogP contribution >= 0.6 is 0 Å². The lowest BCUT2D eigenvalue weighted by Gasteiger charge is -2.28. The molecular weight excluding hydrogens is 190 g/mol. The molecule has 0 amide bonds. The van der Waals surface area contributed by atoms with Gasteiger partial charge in [0.2, 0.25) is 0 Å². The van der Waals surface area contributed by atoms with Gasteiger partial charge in [-0.15, -0.1) is 0 Å². The van der Waals surface area contributed by atoms with Crippen molar-refractivity contribution in [3.05, 3.63) is 23.8 Å². The maximum Gasteiger partial charge on any atom is 0.0722 e. The van der Waals surface area contributed by atoms with Gasteiger partial charge in [0, 0.05) is 13.1 Å². The highest BCUT2D eigenvalue weighted by Crippen LogP contribution is 2.22. The zero-order valence-corrected chi connectivity index (χ0v) is 8.99. The van der Waals surface area contributed by atoms with Crippen LogP contribution in [0.15, 0.2) is 18.2 Å². The number of nitrogens with two attached hydrogens (primary N) is 1. The molecule has 82 valence electrons. The Labute approximate surface area is 90.0 Å². The molecule has 4 nitrogen and oxygen atoms in total. The molecule has 1 heterocycles. The number of ether oxygens (including phenoxy) is 1. The lowest BCUT2D eigenvalue weighted by molar-refractivity contribution is 0.0497. The van der Waals surface area contributed by atoms with E-state index in [0.29, 0.717) is 0 Å². The quantitative estimate of drug-likeness (QED) is 0.716. The molecule has 15 heavy (non-hydrogen) atoms. The van der Waals surface area contributed by atoms with Gasteiger partial charge in [-0.3, -0.25) is 0 Å². The Morgan fingerprint density at radius 3 is 2.80 bits per heavy atom. The first-order chi connectivity index (χ1) is 7.27. The van der Waals surface area contributed by atoms with E-state index in [4.69, 9.17) is 10.5 Å². The van der Waals surface area contributed by atoms with Crippen LogP contribution < -0.4 is 11.2 Å². The van der Waals surface area contributed by atoms with Crippen molar-refractivity contribution in [1.82, 2.24) is 5.01 Å². The van der Waals surface area contributed by atoms with Crippen molar-refractivity contribution in [3.63, 3.8) is 0 Å². The summed E-state index contributed by atoms with van der Waals surface area (Å²) in [6.45, 7) is 5.36. The van der Waals surface area contributed by atoms with Crippen molar-refractivity contribution < 1.29 is 4.74 Å². The summed E-state index contributed by atoms with van der Waals surface area (Å²) >= 11 is 0. The third-order valence-corrected chi connectivity index (χ3v) is 2.61. The van der Waals surface area contributed by atoms with Crippen LogP contribution in [0.5, 0.6) is 0 Å². The predicted octanol–water partition coefficient (Wildman–Crippen LogP) is 1.24. The van der Waals surface area contributed by atoms with Crippen molar-refractivity contribution in [3.8, 4) is 0 Å². The van der Waals surface area contributed by atoms with Gasteiger partial charge in [-0.05, 0) is 18.6 Å². The molecule has 0 bridgehead atoms. The Hall–Kier alpha value is -1.26. The first kappa shape index (κ1) is 10.3. The van der Waals surface area contributed by atoms with Crippen LogP contribution in [0.3, 0.4) is 0 Å². The molecule has 0 unspecified atom stereocenters. The van der Waals surface area contributed by atoms with Gasteiger partial charge >= 0.3 is 0 Å². The van der Waals surface area contributed by atoms with Gasteiger partial charge in [-0.2, -0.15) is 0 Å². The topological polar surface area (TPSA) is 50.5 Å². The van der Waals surface area contributed by atoms with Crippen LogP contribution in [0.4, 0.5) is 11.4 Å². The minimum Gasteiger partial charge on any atom is -0.397 e. The number of morpholine rings is 1. The zero-order valence-electron chi connectivity index (χ0n) is 8.99. The summed E-state index contributed by atoms with van der Waals surface area (Å²) in [5, 5.41) is 2.13. The number of nitrogen functional groups attached to an aromatic ring is 1. The zero-order chi connectivity index (χ0) is 10.7. The molecule has 0 spiro atoms. The number of anilines is 2. The molecule has 1 saturated heterocycles. The normalized spacial score (nSPS) is 17.7. The Kier molecular flexibility index (Phi) is 3.08. The summed E-state index contributed by atoms with van der Waals surface area (Å²) in [6, 6.07) is 6.02. The van der Waals surface area contributed by atoms with Gasteiger partial charge in [-0.1, -0.05) is 12.1 Å². The second-order valence-electron chi connectivity index (χ2n) is 3.75. The maximum atomic E-state index is 5.98. The molecule has 3 N–H and O–H groups in total. The summed E-state index contributed by atoms with van der Waals surface area (Å²) in [4.78, 5) is 0. The van der Waals surface area contributed by atoms with E-state index in [1.165, 1.54) is 0 Å². The van der Waals surface area contributed by atoms with Gasteiger partial charge in [0.1, 0.15) is 0 Å². The highest BCUT2D eigenvalue weighted by Gasteiger charge is 2.11. The molecule has 0 radical (unpaired) electrons. The maximum absolute atomic E-state index is 5.98. The Balaban J connectivity index is 2.06. The van der Waals surface area contributed by atoms with Crippen LogP contribution in [0.25, 0.3) is 0 Å². The fraction of sp³-hybridized carbons (Fsp3) is 0.455. The average Bonchev–Trinajstić information content (AvgIpc) is 2.26. The highest BCUT2D eigenvalue weighted by atomic mass is 16.5. The molecule has 2 rings (SSSR count).